The van der Waals surface area contributed by atoms with Crippen LogP contribution in [0.5, 0.6) is 17.2 Å². The molecule has 216 valence electrons. The molecule has 3 aromatic rings. The van der Waals surface area contributed by atoms with E-state index in [1.807, 2.05) is 13.8 Å². The second-order valence-electron chi connectivity index (χ2n) is 9.11. The molecule has 42 heavy (non-hydrogen) atoms. The quantitative estimate of drug-likeness (QED) is 0.174. The van der Waals surface area contributed by atoms with E-state index < -0.39 is 23.8 Å². The molecule has 1 aliphatic rings. The van der Waals surface area contributed by atoms with Crippen LogP contribution in [0.3, 0.4) is 0 Å². The Labute approximate surface area is 242 Å². The molecule has 0 atom stereocenters. The van der Waals surface area contributed by atoms with Gasteiger partial charge in [-0.25, -0.2) is 14.5 Å². The number of carbonyl (C=O) groups excluding carboxylic acids is 3. The SMILES string of the molecule is C=CCc1cc(/C=C2\C(=O)NC(=O)N(c3ccc(OCC)cc3)C2=O)cc(OCC)c1OCc1ccc(C(=O)O)cc1. The molecule has 0 radical (unpaired) electrons. The lowest BCUT2D eigenvalue weighted by atomic mass is 10.0. The minimum atomic E-state index is -1.02. The number of hydrogen-bond acceptors (Lipinski definition) is 7. The van der Waals surface area contributed by atoms with Gasteiger partial charge < -0.3 is 19.3 Å². The number of barbiturate groups is 1. The van der Waals surface area contributed by atoms with E-state index >= 15 is 0 Å². The molecule has 1 fully saturated rings. The van der Waals surface area contributed by atoms with Crippen LogP contribution < -0.4 is 24.4 Å². The third-order valence-electron chi connectivity index (χ3n) is 6.22. The standard InChI is InChI=1S/C32H30N2O8/c1-4-7-23-16-21(18-27(41-6-3)28(23)42-19-20-8-10-22(11-9-20)31(37)38)17-26-29(35)33-32(39)34(30(26)36)24-12-14-25(15-13-24)40-5-2/h4,8-18H,1,5-7,19H2,2-3H3,(H,37,38)(H,33,35,39)/b26-17+. The molecule has 1 saturated heterocycles. The summed E-state index contributed by atoms with van der Waals surface area (Å²) in [6.45, 7) is 8.39. The van der Waals surface area contributed by atoms with Gasteiger partial charge >= 0.3 is 12.0 Å². The number of benzene rings is 3. The summed E-state index contributed by atoms with van der Waals surface area (Å²) >= 11 is 0. The van der Waals surface area contributed by atoms with Crippen molar-refractivity contribution in [3.8, 4) is 17.2 Å². The van der Waals surface area contributed by atoms with Crippen molar-refractivity contribution >= 4 is 35.6 Å². The monoisotopic (exact) mass is 570 g/mol. The van der Waals surface area contributed by atoms with Gasteiger partial charge in [-0.05, 0) is 86.0 Å². The van der Waals surface area contributed by atoms with Gasteiger partial charge in [-0.15, -0.1) is 6.58 Å². The van der Waals surface area contributed by atoms with Gasteiger partial charge in [0.25, 0.3) is 11.8 Å². The number of rotatable bonds is 12. The Kier molecular flexibility index (Phi) is 9.39. The molecule has 0 spiro atoms. The van der Waals surface area contributed by atoms with Crippen molar-refractivity contribution in [3.63, 3.8) is 0 Å². The molecule has 10 heteroatoms. The van der Waals surface area contributed by atoms with Crippen molar-refractivity contribution in [2.45, 2.75) is 26.9 Å². The molecule has 2 N–H and O–H groups in total. The number of anilines is 1. The fraction of sp³-hybridized carbons (Fsp3) is 0.188. The van der Waals surface area contributed by atoms with Crippen LogP contribution in [0.1, 0.15) is 40.9 Å². The van der Waals surface area contributed by atoms with Gasteiger partial charge in [0, 0.05) is 5.56 Å². The van der Waals surface area contributed by atoms with Crippen molar-refractivity contribution in [1.29, 1.82) is 0 Å². The van der Waals surface area contributed by atoms with Crippen LogP contribution in [0, 0.1) is 0 Å². The van der Waals surface area contributed by atoms with Crippen LogP contribution in [0.2, 0.25) is 0 Å². The molecule has 0 aliphatic carbocycles. The maximum Gasteiger partial charge on any atom is 0.335 e. The number of carboxylic acids is 1. The van der Waals surface area contributed by atoms with Crippen molar-refractivity contribution in [1.82, 2.24) is 5.32 Å². The maximum atomic E-state index is 13.4. The number of urea groups is 1. The molecule has 10 nitrogen and oxygen atoms in total. The highest BCUT2D eigenvalue weighted by Gasteiger charge is 2.37. The third-order valence-corrected chi connectivity index (χ3v) is 6.22. The zero-order valence-corrected chi connectivity index (χ0v) is 23.2. The Bertz CT molecular complexity index is 1540. The molecule has 1 aliphatic heterocycles. The summed E-state index contributed by atoms with van der Waals surface area (Å²) in [5.74, 6) is -1.20. The zero-order valence-electron chi connectivity index (χ0n) is 23.2. The lowest BCUT2D eigenvalue weighted by Gasteiger charge is -2.26. The fourth-order valence-corrected chi connectivity index (χ4v) is 4.32. The van der Waals surface area contributed by atoms with Gasteiger partial charge in [-0.3, -0.25) is 14.9 Å². The average molecular weight is 571 g/mol. The summed E-state index contributed by atoms with van der Waals surface area (Å²) < 4.78 is 17.4. The number of carboxylic acid groups (broad SMARTS) is 1. The van der Waals surface area contributed by atoms with Crippen LogP contribution >= 0.6 is 0 Å². The van der Waals surface area contributed by atoms with Crippen LogP contribution in [-0.2, 0) is 22.6 Å². The number of amides is 4. The number of nitrogens with zero attached hydrogens (tertiary/aromatic N) is 1. The highest BCUT2D eigenvalue weighted by molar-refractivity contribution is 6.39. The zero-order chi connectivity index (χ0) is 30.2. The summed E-state index contributed by atoms with van der Waals surface area (Å²) in [7, 11) is 0. The van der Waals surface area contributed by atoms with Crippen molar-refractivity contribution in [2.24, 2.45) is 0 Å². The van der Waals surface area contributed by atoms with Crippen LogP contribution in [0.4, 0.5) is 10.5 Å². The number of carbonyl (C=O) groups is 4. The summed E-state index contributed by atoms with van der Waals surface area (Å²) in [5, 5.41) is 11.4. The molecule has 0 saturated carbocycles. The summed E-state index contributed by atoms with van der Waals surface area (Å²) in [4.78, 5) is 50.9. The summed E-state index contributed by atoms with van der Waals surface area (Å²) in [5.41, 5.74) is 2.13. The number of hydrogen-bond donors (Lipinski definition) is 2. The first kappa shape index (κ1) is 29.6. The Morgan fingerprint density at radius 1 is 0.952 bits per heavy atom. The molecule has 0 bridgehead atoms. The molecular weight excluding hydrogens is 540 g/mol. The molecule has 1 heterocycles. The van der Waals surface area contributed by atoms with Crippen LogP contribution in [0.15, 0.2) is 78.9 Å². The Balaban J connectivity index is 1.67. The van der Waals surface area contributed by atoms with Gasteiger partial charge in [0.15, 0.2) is 11.5 Å². The predicted molar refractivity (Wildman–Crippen MR) is 156 cm³/mol. The fourth-order valence-electron chi connectivity index (χ4n) is 4.32. The summed E-state index contributed by atoms with van der Waals surface area (Å²) in [6.07, 6.45) is 3.47. The smallest absolute Gasteiger partial charge is 0.335 e. The molecule has 0 unspecified atom stereocenters. The Morgan fingerprint density at radius 3 is 2.26 bits per heavy atom. The second kappa shape index (κ2) is 13.3. The van der Waals surface area contributed by atoms with Crippen LogP contribution in [0.25, 0.3) is 6.08 Å². The van der Waals surface area contributed by atoms with E-state index in [2.05, 4.69) is 11.9 Å². The number of imide groups is 2. The topological polar surface area (TPSA) is 131 Å². The second-order valence-corrected chi connectivity index (χ2v) is 9.11. The first-order valence-corrected chi connectivity index (χ1v) is 13.3. The Morgan fingerprint density at radius 2 is 1.64 bits per heavy atom. The normalized spacial score (nSPS) is 14.0. The first-order chi connectivity index (χ1) is 20.2. The number of nitrogens with one attached hydrogen (secondary N) is 1. The molecular formula is C32H30N2O8. The van der Waals surface area contributed by atoms with Gasteiger partial charge in [0.1, 0.15) is 17.9 Å². The number of allylic oxidation sites excluding steroid dienone is 1. The van der Waals surface area contributed by atoms with Gasteiger partial charge in [-0.1, -0.05) is 18.2 Å². The van der Waals surface area contributed by atoms with Gasteiger partial charge in [0.2, 0.25) is 0 Å². The van der Waals surface area contributed by atoms with Crippen molar-refractivity contribution in [2.75, 3.05) is 18.1 Å². The largest absolute Gasteiger partial charge is 0.494 e. The molecule has 4 amide bonds. The molecule has 4 rings (SSSR count). The van der Waals surface area contributed by atoms with E-state index in [9.17, 15) is 19.2 Å². The third kappa shape index (κ3) is 6.67. The minimum absolute atomic E-state index is 0.143. The number of ether oxygens (including phenoxy) is 3. The minimum Gasteiger partial charge on any atom is -0.494 e. The van der Waals surface area contributed by atoms with E-state index in [4.69, 9.17) is 19.3 Å². The number of aromatic carboxylic acids is 1. The van der Waals surface area contributed by atoms with E-state index in [0.717, 1.165) is 10.5 Å². The Hall–Kier alpha value is -5.38. The van der Waals surface area contributed by atoms with Gasteiger partial charge in [-0.2, -0.15) is 0 Å². The first-order valence-electron chi connectivity index (χ1n) is 13.3. The maximum absolute atomic E-state index is 13.4. The highest BCUT2D eigenvalue weighted by Crippen LogP contribution is 2.36. The lowest BCUT2D eigenvalue weighted by Crippen LogP contribution is -2.54. The lowest BCUT2D eigenvalue weighted by molar-refractivity contribution is -0.122. The van der Waals surface area contributed by atoms with E-state index in [1.165, 1.54) is 18.2 Å². The molecule has 0 aromatic heterocycles. The predicted octanol–water partition coefficient (Wildman–Crippen LogP) is 5.16. The average Bonchev–Trinajstić information content (AvgIpc) is 2.96. The van der Waals surface area contributed by atoms with Gasteiger partial charge in [0.05, 0.1) is 24.5 Å². The van der Waals surface area contributed by atoms with Crippen LogP contribution in [-0.4, -0.2) is 42.1 Å². The summed E-state index contributed by atoms with van der Waals surface area (Å²) in [6, 6.07) is 15.3. The van der Waals surface area contributed by atoms with E-state index in [1.54, 1.807) is 54.6 Å². The molecule has 3 aromatic carbocycles. The van der Waals surface area contributed by atoms with E-state index in [0.29, 0.717) is 48.0 Å². The highest BCUT2D eigenvalue weighted by atomic mass is 16.5. The van der Waals surface area contributed by atoms with E-state index in [-0.39, 0.29) is 23.4 Å². The van der Waals surface area contributed by atoms with Crippen molar-refractivity contribution in [3.05, 3.63) is 101 Å². The van der Waals surface area contributed by atoms with Crippen molar-refractivity contribution < 1.29 is 38.5 Å².